The summed E-state index contributed by atoms with van der Waals surface area (Å²) in [6.07, 6.45) is 1.05. The SMILES string of the molecule is COc1ccc(Cn2nc(C(C=[N+](C)C)C(=O)OC(C)C)c(C(C)(C)CNC(=O)OC(C)(C)C)c2C)cc1. The molecule has 9 nitrogen and oxygen atoms in total. The number of nitrogens with one attached hydrogen (secondary N) is 1. The van der Waals surface area contributed by atoms with E-state index in [0.717, 1.165) is 22.6 Å². The van der Waals surface area contributed by atoms with Crippen LogP contribution in [0.4, 0.5) is 4.79 Å². The Bertz CT molecular complexity index is 1140. The first-order valence-corrected chi connectivity index (χ1v) is 12.9. The Balaban J connectivity index is 2.59. The number of alkyl carbamates (subject to hydrolysis) is 1. The van der Waals surface area contributed by atoms with Crippen molar-refractivity contribution in [3.05, 3.63) is 46.8 Å². The molecular weight excluding hydrogens is 484 g/mol. The number of esters is 1. The van der Waals surface area contributed by atoms with Crippen LogP contribution >= 0.6 is 0 Å². The first kappa shape index (κ1) is 30.9. The second kappa shape index (κ2) is 12.5. The summed E-state index contributed by atoms with van der Waals surface area (Å²) in [7, 11) is 5.37. The van der Waals surface area contributed by atoms with Gasteiger partial charge in [-0.25, -0.2) is 9.37 Å². The van der Waals surface area contributed by atoms with Crippen LogP contribution in [0.2, 0.25) is 0 Å². The molecule has 38 heavy (non-hydrogen) atoms. The second-order valence-electron chi connectivity index (χ2n) is 11.7. The molecule has 0 saturated carbocycles. The fourth-order valence-corrected chi connectivity index (χ4v) is 4.22. The van der Waals surface area contributed by atoms with E-state index >= 15 is 0 Å². The third-order valence-electron chi connectivity index (χ3n) is 5.82. The lowest BCUT2D eigenvalue weighted by Gasteiger charge is -2.28. The minimum absolute atomic E-state index is 0.270. The number of methoxy groups -OCH3 is 1. The second-order valence-corrected chi connectivity index (χ2v) is 11.7. The molecule has 1 aromatic heterocycles. The zero-order valence-corrected chi connectivity index (χ0v) is 24.8. The predicted molar refractivity (Wildman–Crippen MR) is 148 cm³/mol. The Labute approximate surface area is 227 Å². The summed E-state index contributed by atoms with van der Waals surface area (Å²) < 4.78 is 20.1. The highest BCUT2D eigenvalue weighted by molar-refractivity contribution is 5.94. The van der Waals surface area contributed by atoms with Crippen molar-refractivity contribution >= 4 is 18.3 Å². The Morgan fingerprint density at radius 3 is 2.21 bits per heavy atom. The van der Waals surface area contributed by atoms with Gasteiger partial charge in [0.1, 0.15) is 25.4 Å². The Morgan fingerprint density at radius 2 is 1.71 bits per heavy atom. The predicted octanol–water partition coefficient (Wildman–Crippen LogP) is 4.43. The number of rotatable bonds is 10. The first-order valence-electron chi connectivity index (χ1n) is 12.9. The molecule has 1 aromatic carbocycles. The van der Waals surface area contributed by atoms with Crippen molar-refractivity contribution in [1.29, 1.82) is 0 Å². The number of ether oxygens (including phenoxy) is 3. The number of carbonyl (C=O) groups is 2. The molecule has 2 rings (SSSR count). The van der Waals surface area contributed by atoms with Gasteiger partial charge in [-0.05, 0) is 59.2 Å². The molecule has 1 heterocycles. The molecule has 0 bridgehead atoms. The number of hydrogen-bond donors (Lipinski definition) is 1. The van der Waals surface area contributed by atoms with Crippen LogP contribution < -0.4 is 10.1 Å². The fourth-order valence-electron chi connectivity index (χ4n) is 4.22. The Morgan fingerprint density at radius 1 is 1.11 bits per heavy atom. The molecule has 0 saturated heterocycles. The van der Waals surface area contributed by atoms with E-state index in [0.29, 0.717) is 12.2 Å². The van der Waals surface area contributed by atoms with Crippen LogP contribution in [0.25, 0.3) is 0 Å². The van der Waals surface area contributed by atoms with Crippen molar-refractivity contribution in [2.24, 2.45) is 0 Å². The first-order chi connectivity index (χ1) is 17.5. The van der Waals surface area contributed by atoms with Crippen LogP contribution in [0.3, 0.4) is 0 Å². The average Bonchev–Trinajstić information content (AvgIpc) is 3.11. The minimum Gasteiger partial charge on any atom is -0.497 e. The van der Waals surface area contributed by atoms with Gasteiger partial charge in [0.2, 0.25) is 0 Å². The Hall–Kier alpha value is -3.36. The van der Waals surface area contributed by atoms with Crippen molar-refractivity contribution in [2.75, 3.05) is 27.7 Å². The number of benzene rings is 1. The van der Waals surface area contributed by atoms with Gasteiger partial charge in [-0.3, -0.25) is 9.48 Å². The summed E-state index contributed by atoms with van der Waals surface area (Å²) in [5, 5.41) is 7.86. The van der Waals surface area contributed by atoms with E-state index in [4.69, 9.17) is 19.3 Å². The van der Waals surface area contributed by atoms with Crippen LogP contribution in [0.15, 0.2) is 24.3 Å². The molecule has 0 fully saturated rings. The molecular formula is C29H45N4O5+. The summed E-state index contributed by atoms with van der Waals surface area (Å²) >= 11 is 0. The largest absolute Gasteiger partial charge is 0.497 e. The van der Waals surface area contributed by atoms with Gasteiger partial charge in [-0.1, -0.05) is 26.0 Å². The van der Waals surface area contributed by atoms with Crippen LogP contribution in [0.5, 0.6) is 5.75 Å². The summed E-state index contributed by atoms with van der Waals surface area (Å²) in [6.45, 7) is 16.0. The molecule has 9 heteroatoms. The van der Waals surface area contributed by atoms with Gasteiger partial charge in [0.05, 0.1) is 25.5 Å². The topological polar surface area (TPSA) is 94.7 Å². The number of aromatic nitrogens is 2. The molecule has 0 aliphatic carbocycles. The van der Waals surface area contributed by atoms with E-state index < -0.39 is 23.0 Å². The standard InChI is InChI=1S/C29H44N4O5/c1-19(2)37-26(34)23(17-32(9)10)25-24(29(7,8)18-30-27(35)38-28(4,5)6)20(3)33(31-25)16-21-12-14-22(36-11)15-13-21/h12-15,17,19,23H,16,18H2,1-11H3/p+1. The minimum atomic E-state index is -0.723. The molecule has 0 aliphatic rings. The highest BCUT2D eigenvalue weighted by Crippen LogP contribution is 2.34. The fraction of sp³-hybridized carbons (Fsp3) is 0.586. The third kappa shape index (κ3) is 8.60. The molecule has 1 unspecified atom stereocenters. The molecule has 1 atom stereocenters. The maximum Gasteiger partial charge on any atom is 0.407 e. The quantitative estimate of drug-likeness (QED) is 0.278. The lowest BCUT2D eigenvalue weighted by molar-refractivity contribution is -0.460. The molecule has 210 valence electrons. The van der Waals surface area contributed by atoms with Crippen LogP contribution in [-0.4, -0.2) is 72.1 Å². The number of hydrogen-bond acceptors (Lipinski definition) is 6. The zero-order valence-electron chi connectivity index (χ0n) is 24.8. The number of nitrogens with zero attached hydrogens (tertiary/aromatic N) is 3. The van der Waals surface area contributed by atoms with E-state index in [1.54, 1.807) is 7.11 Å². The highest BCUT2D eigenvalue weighted by atomic mass is 16.6. The normalized spacial score (nSPS) is 12.6. The van der Waals surface area contributed by atoms with E-state index in [2.05, 4.69) is 5.32 Å². The van der Waals surface area contributed by atoms with Gasteiger partial charge in [0, 0.05) is 23.2 Å². The lowest BCUT2D eigenvalue weighted by Crippen LogP contribution is -2.40. The maximum atomic E-state index is 13.3. The Kier molecular flexibility index (Phi) is 10.1. The van der Waals surface area contributed by atoms with Gasteiger partial charge in [-0.2, -0.15) is 5.10 Å². The molecule has 0 aliphatic heterocycles. The van der Waals surface area contributed by atoms with E-state index in [1.165, 1.54) is 0 Å². The van der Waals surface area contributed by atoms with Crippen LogP contribution in [0.1, 0.15) is 76.9 Å². The number of carbonyl (C=O) groups excluding carboxylic acids is 2. The van der Waals surface area contributed by atoms with E-state index in [-0.39, 0.29) is 18.6 Å². The van der Waals surface area contributed by atoms with Crippen molar-refractivity contribution in [1.82, 2.24) is 15.1 Å². The van der Waals surface area contributed by atoms with Gasteiger partial charge >= 0.3 is 12.1 Å². The van der Waals surface area contributed by atoms with Gasteiger partial charge in [0.15, 0.2) is 12.1 Å². The van der Waals surface area contributed by atoms with Gasteiger partial charge in [0.25, 0.3) is 0 Å². The van der Waals surface area contributed by atoms with Crippen LogP contribution in [0, 0.1) is 6.92 Å². The summed E-state index contributed by atoms with van der Waals surface area (Å²) in [5.41, 5.74) is 2.24. The molecule has 1 amide bonds. The smallest absolute Gasteiger partial charge is 0.407 e. The molecule has 0 radical (unpaired) electrons. The summed E-state index contributed by atoms with van der Waals surface area (Å²) in [4.78, 5) is 25.8. The molecule has 1 N–H and O–H groups in total. The molecule has 2 aromatic rings. The van der Waals surface area contributed by atoms with Crippen molar-refractivity contribution in [3.63, 3.8) is 0 Å². The summed E-state index contributed by atoms with van der Waals surface area (Å²) in [5.74, 6) is -0.322. The van der Waals surface area contributed by atoms with Gasteiger partial charge < -0.3 is 19.5 Å². The lowest BCUT2D eigenvalue weighted by atomic mass is 9.80. The zero-order chi connectivity index (χ0) is 28.8. The van der Waals surface area contributed by atoms with E-state index in [1.807, 2.05) is 109 Å². The number of amides is 1. The van der Waals surface area contributed by atoms with Crippen LogP contribution in [-0.2, 0) is 26.2 Å². The average molecular weight is 530 g/mol. The third-order valence-corrected chi connectivity index (χ3v) is 5.82. The van der Waals surface area contributed by atoms with Crippen molar-refractivity contribution in [3.8, 4) is 5.75 Å². The summed E-state index contributed by atoms with van der Waals surface area (Å²) in [6, 6.07) is 7.80. The van der Waals surface area contributed by atoms with Gasteiger partial charge in [-0.15, -0.1) is 0 Å². The van der Waals surface area contributed by atoms with E-state index in [9.17, 15) is 9.59 Å². The van der Waals surface area contributed by atoms with Crippen molar-refractivity contribution in [2.45, 2.75) is 85.0 Å². The highest BCUT2D eigenvalue weighted by Gasteiger charge is 2.38. The van der Waals surface area contributed by atoms with Crippen molar-refractivity contribution < 1.29 is 28.4 Å². The monoisotopic (exact) mass is 529 g/mol. The molecule has 0 spiro atoms. The maximum absolute atomic E-state index is 13.3.